The van der Waals surface area contributed by atoms with Crippen LogP contribution in [-0.2, 0) is 22.5 Å². The zero-order chi connectivity index (χ0) is 23.3. The van der Waals surface area contributed by atoms with E-state index in [0.29, 0.717) is 29.9 Å². The largest absolute Gasteiger partial charge is 0.481 e. The van der Waals surface area contributed by atoms with Gasteiger partial charge in [0.05, 0.1) is 26.5 Å². The Balaban J connectivity index is 1.55. The van der Waals surface area contributed by atoms with Gasteiger partial charge in [-0.1, -0.05) is 11.3 Å². The quantitative estimate of drug-likeness (QED) is 0.634. The van der Waals surface area contributed by atoms with Crippen molar-refractivity contribution in [3.63, 3.8) is 0 Å². The Hall–Kier alpha value is -3.15. The van der Waals surface area contributed by atoms with Gasteiger partial charge in [-0.05, 0) is 20.8 Å². The van der Waals surface area contributed by atoms with E-state index in [1.54, 1.807) is 33.9 Å². The fourth-order valence-corrected chi connectivity index (χ4v) is 4.01. The molecule has 0 spiro atoms. The van der Waals surface area contributed by atoms with Crippen molar-refractivity contribution in [2.75, 3.05) is 37.5 Å². The third-order valence-corrected chi connectivity index (χ3v) is 5.38. The number of nitrogens with one attached hydrogen (secondary N) is 2. The summed E-state index contributed by atoms with van der Waals surface area (Å²) in [4.78, 5) is 40.1. The van der Waals surface area contributed by atoms with Gasteiger partial charge < -0.3 is 29.7 Å². The van der Waals surface area contributed by atoms with E-state index in [4.69, 9.17) is 14.2 Å². The molecule has 0 fully saturated rings. The zero-order valence-electron chi connectivity index (χ0n) is 18.9. The molecule has 1 aliphatic rings. The zero-order valence-corrected chi connectivity index (χ0v) is 19.7. The van der Waals surface area contributed by atoms with Crippen LogP contribution in [-0.4, -0.2) is 59.9 Å². The molecule has 1 aliphatic heterocycles. The summed E-state index contributed by atoms with van der Waals surface area (Å²) in [5.41, 5.74) is 0.379. The lowest BCUT2D eigenvalue weighted by Crippen LogP contribution is -2.34. The fourth-order valence-electron chi connectivity index (χ4n) is 2.97. The number of methoxy groups -OCH3 is 2. The number of alkyl carbamates (subject to hydrolysis) is 1. The standard InChI is InChI=1S/C20H28N6O5S/c1-20(2,3)31-19(28)21-8-6-15(27)24-18-22-12-7-9-26(11-13(12)32-18)14-10-16(29-4)25-17(23-14)30-5/h10H,6-9,11H2,1-5H3,(H,21,28)(H,22,24,27). The number of hydrogen-bond acceptors (Lipinski definition) is 10. The predicted molar refractivity (Wildman–Crippen MR) is 119 cm³/mol. The molecule has 0 unspecified atom stereocenters. The molecule has 32 heavy (non-hydrogen) atoms. The van der Waals surface area contributed by atoms with Crippen LogP contribution in [0.25, 0.3) is 0 Å². The molecule has 0 radical (unpaired) electrons. The number of thiazole rings is 1. The Kier molecular flexibility index (Phi) is 7.33. The van der Waals surface area contributed by atoms with Crippen molar-refractivity contribution in [3.8, 4) is 11.9 Å². The predicted octanol–water partition coefficient (Wildman–Crippen LogP) is 2.37. The highest BCUT2D eigenvalue weighted by molar-refractivity contribution is 7.15. The van der Waals surface area contributed by atoms with Crippen LogP contribution in [0.1, 0.15) is 37.8 Å². The summed E-state index contributed by atoms with van der Waals surface area (Å²) >= 11 is 1.43. The number of fused-ring (bicyclic) bond motifs is 1. The first-order valence-corrected chi connectivity index (χ1v) is 11.0. The SMILES string of the molecule is COc1cc(N2CCc3nc(NC(=O)CCNC(=O)OC(C)(C)C)sc3C2)nc(OC)n1. The Bertz CT molecular complexity index is 952. The van der Waals surface area contributed by atoms with E-state index in [9.17, 15) is 9.59 Å². The summed E-state index contributed by atoms with van der Waals surface area (Å²) in [6.07, 6.45) is 0.292. The average Bonchev–Trinajstić information content (AvgIpc) is 3.13. The lowest BCUT2D eigenvalue weighted by molar-refractivity contribution is -0.116. The van der Waals surface area contributed by atoms with E-state index < -0.39 is 11.7 Å². The van der Waals surface area contributed by atoms with Crippen molar-refractivity contribution in [3.05, 3.63) is 16.6 Å². The van der Waals surface area contributed by atoms with Crippen LogP contribution in [0, 0.1) is 0 Å². The molecule has 0 bridgehead atoms. The third-order valence-electron chi connectivity index (χ3n) is 4.38. The second kappa shape index (κ2) is 9.98. The van der Waals surface area contributed by atoms with Gasteiger partial charge in [-0.15, -0.1) is 0 Å². The van der Waals surface area contributed by atoms with E-state index in [-0.39, 0.29) is 24.9 Å². The molecule has 0 aliphatic carbocycles. The molecule has 0 aromatic carbocycles. The minimum absolute atomic E-state index is 0.121. The summed E-state index contributed by atoms with van der Waals surface area (Å²) in [7, 11) is 3.05. The molecule has 2 amide bonds. The van der Waals surface area contributed by atoms with E-state index in [1.807, 2.05) is 0 Å². The van der Waals surface area contributed by atoms with Gasteiger partial charge in [-0.25, -0.2) is 9.78 Å². The minimum atomic E-state index is -0.581. The third kappa shape index (κ3) is 6.42. The molecule has 3 rings (SSSR count). The minimum Gasteiger partial charge on any atom is -0.481 e. The van der Waals surface area contributed by atoms with Crippen molar-refractivity contribution < 1.29 is 23.8 Å². The number of amides is 2. The topological polar surface area (TPSA) is 128 Å². The van der Waals surface area contributed by atoms with Crippen molar-refractivity contribution in [2.45, 2.75) is 45.8 Å². The summed E-state index contributed by atoms with van der Waals surface area (Å²) < 4.78 is 15.5. The highest BCUT2D eigenvalue weighted by Gasteiger charge is 2.24. The number of carbonyl (C=O) groups excluding carboxylic acids is 2. The van der Waals surface area contributed by atoms with E-state index in [0.717, 1.165) is 17.0 Å². The molecule has 0 atom stereocenters. The molecule has 174 valence electrons. The molecule has 0 saturated carbocycles. The molecule has 11 nitrogen and oxygen atoms in total. The smallest absolute Gasteiger partial charge is 0.407 e. The maximum absolute atomic E-state index is 12.2. The van der Waals surface area contributed by atoms with Gasteiger partial charge in [0.2, 0.25) is 11.8 Å². The van der Waals surface area contributed by atoms with Crippen LogP contribution in [0.4, 0.5) is 15.7 Å². The molecule has 12 heteroatoms. The van der Waals surface area contributed by atoms with Crippen molar-refractivity contribution in [1.82, 2.24) is 20.3 Å². The lowest BCUT2D eigenvalue weighted by atomic mass is 10.2. The number of ether oxygens (including phenoxy) is 3. The van der Waals surface area contributed by atoms with Gasteiger partial charge in [0.25, 0.3) is 0 Å². The molecule has 3 heterocycles. The number of anilines is 2. The average molecular weight is 465 g/mol. The van der Waals surface area contributed by atoms with Crippen LogP contribution in [0.15, 0.2) is 6.07 Å². The monoisotopic (exact) mass is 464 g/mol. The first-order chi connectivity index (χ1) is 15.2. The Labute approximate surface area is 190 Å². The maximum Gasteiger partial charge on any atom is 0.407 e. The Morgan fingerprint density at radius 2 is 1.97 bits per heavy atom. The van der Waals surface area contributed by atoms with Crippen molar-refractivity contribution in [1.29, 1.82) is 0 Å². The Morgan fingerprint density at radius 3 is 2.66 bits per heavy atom. The summed E-state index contributed by atoms with van der Waals surface area (Å²) in [5.74, 6) is 0.899. The van der Waals surface area contributed by atoms with Crippen molar-refractivity contribution >= 4 is 34.3 Å². The normalized spacial score (nSPS) is 13.2. The van der Waals surface area contributed by atoms with Gasteiger partial charge >= 0.3 is 12.1 Å². The molecular weight excluding hydrogens is 436 g/mol. The Morgan fingerprint density at radius 1 is 1.19 bits per heavy atom. The number of nitrogens with zero attached hydrogens (tertiary/aromatic N) is 4. The van der Waals surface area contributed by atoms with Gasteiger partial charge in [0, 0.05) is 36.9 Å². The van der Waals surface area contributed by atoms with Crippen LogP contribution in [0.5, 0.6) is 11.9 Å². The summed E-state index contributed by atoms with van der Waals surface area (Å²) in [6.45, 7) is 6.84. The molecule has 2 N–H and O–H groups in total. The first-order valence-electron chi connectivity index (χ1n) is 10.1. The summed E-state index contributed by atoms with van der Waals surface area (Å²) in [5, 5.41) is 5.91. The van der Waals surface area contributed by atoms with Gasteiger partial charge in [-0.3, -0.25) is 4.79 Å². The number of hydrogen-bond donors (Lipinski definition) is 2. The van der Waals surface area contributed by atoms with Crippen LogP contribution >= 0.6 is 11.3 Å². The second-order valence-corrected chi connectivity index (χ2v) is 9.13. The molecular formula is C20H28N6O5S. The van der Waals surface area contributed by atoms with Gasteiger partial charge in [-0.2, -0.15) is 9.97 Å². The highest BCUT2D eigenvalue weighted by atomic mass is 32.1. The van der Waals surface area contributed by atoms with Crippen LogP contribution < -0.4 is 25.0 Å². The fraction of sp³-hybridized carbons (Fsp3) is 0.550. The highest BCUT2D eigenvalue weighted by Crippen LogP contribution is 2.31. The van der Waals surface area contributed by atoms with E-state index in [1.165, 1.54) is 18.4 Å². The maximum atomic E-state index is 12.2. The summed E-state index contributed by atoms with van der Waals surface area (Å²) in [6, 6.07) is 2.00. The van der Waals surface area contributed by atoms with Gasteiger partial charge in [0.1, 0.15) is 11.4 Å². The molecule has 2 aromatic heterocycles. The second-order valence-electron chi connectivity index (χ2n) is 8.04. The number of rotatable bonds is 7. The number of aromatic nitrogens is 3. The van der Waals surface area contributed by atoms with Crippen LogP contribution in [0.3, 0.4) is 0 Å². The van der Waals surface area contributed by atoms with Gasteiger partial charge in [0.15, 0.2) is 5.13 Å². The van der Waals surface area contributed by atoms with Crippen molar-refractivity contribution in [2.24, 2.45) is 0 Å². The lowest BCUT2D eigenvalue weighted by Gasteiger charge is -2.27. The molecule has 0 saturated heterocycles. The van der Waals surface area contributed by atoms with Crippen LogP contribution in [0.2, 0.25) is 0 Å². The van der Waals surface area contributed by atoms with E-state index in [2.05, 4.69) is 30.5 Å². The first kappa shape index (κ1) is 23.5. The van der Waals surface area contributed by atoms with E-state index >= 15 is 0 Å². The molecule has 2 aromatic rings. The number of carbonyl (C=O) groups is 2.